The number of carbonyl (C=O) groups is 2. The zero-order valence-electron chi connectivity index (χ0n) is 26.4. The van der Waals surface area contributed by atoms with Crippen molar-refractivity contribution in [1.82, 2.24) is 14.9 Å². The summed E-state index contributed by atoms with van der Waals surface area (Å²) in [5.74, 6) is -6.16. The summed E-state index contributed by atoms with van der Waals surface area (Å²) in [6.07, 6.45) is -5.65. The lowest BCUT2D eigenvalue weighted by Gasteiger charge is -2.22. The van der Waals surface area contributed by atoms with Gasteiger partial charge in [0.1, 0.15) is 29.3 Å². The molecule has 0 aliphatic rings. The third kappa shape index (κ3) is 7.78. The number of nitrogens with zero attached hydrogens (tertiary/aromatic N) is 2. The van der Waals surface area contributed by atoms with Crippen molar-refractivity contribution < 1.29 is 45.4 Å². The van der Waals surface area contributed by atoms with Crippen LogP contribution in [0, 0.1) is 25.5 Å². The second kappa shape index (κ2) is 14.2. The highest BCUT2D eigenvalue weighted by atomic mass is 127. The molecule has 0 fully saturated rings. The Hall–Kier alpha value is -4.35. The fourth-order valence-corrected chi connectivity index (χ4v) is 6.11. The van der Waals surface area contributed by atoms with Crippen LogP contribution in [-0.4, -0.2) is 49.3 Å². The molecule has 3 N–H and O–H groups in total. The number of fused-ring (bicyclic) bond motifs is 1. The molecule has 4 aromatic rings. The number of amides is 1. The molecule has 4 rings (SSSR count). The zero-order chi connectivity index (χ0) is 36.6. The summed E-state index contributed by atoms with van der Waals surface area (Å²) in [7, 11) is 1.43. The van der Waals surface area contributed by atoms with Crippen LogP contribution in [0.4, 0.5) is 36.4 Å². The third-order valence-corrected chi connectivity index (χ3v) is 9.48. The van der Waals surface area contributed by atoms with E-state index in [0.29, 0.717) is 17.8 Å². The predicted molar refractivity (Wildman–Crippen MR) is 180 cm³/mol. The van der Waals surface area contributed by atoms with Crippen LogP contribution in [0.1, 0.15) is 46.2 Å². The van der Waals surface area contributed by atoms with Gasteiger partial charge in [-0.1, -0.05) is 29.6 Å². The molecule has 49 heavy (non-hydrogen) atoms. The summed E-state index contributed by atoms with van der Waals surface area (Å²) in [5, 5.41) is 14.2. The molecule has 2 aromatic carbocycles. The lowest BCUT2D eigenvalue weighted by atomic mass is 9.93. The summed E-state index contributed by atoms with van der Waals surface area (Å²) >= 11 is -1.94. The van der Waals surface area contributed by atoms with E-state index in [1.807, 2.05) is 10.6 Å². The lowest BCUT2D eigenvalue weighted by Crippen LogP contribution is -2.43. The van der Waals surface area contributed by atoms with Gasteiger partial charge in [0.15, 0.2) is 0 Å². The molecular weight excluding hydrogens is 776 g/mol. The number of aryl methyl sites for hydroxylation is 2. The number of pyridine rings is 2. The average Bonchev–Trinajstić information content (AvgIpc) is 3.01. The summed E-state index contributed by atoms with van der Waals surface area (Å²) in [6, 6.07) is 4.11. The summed E-state index contributed by atoms with van der Waals surface area (Å²) in [4.78, 5) is 43.2. The molecule has 0 saturated carbocycles. The highest BCUT2D eigenvalue weighted by molar-refractivity contribution is 14.2. The first-order valence-electron chi connectivity index (χ1n) is 14.5. The minimum Gasteiger partial charge on any atom is -0.480 e. The van der Waals surface area contributed by atoms with E-state index in [4.69, 9.17) is 0 Å². The molecule has 8 nitrogen and oxygen atoms in total. The van der Waals surface area contributed by atoms with Gasteiger partial charge in [-0.2, -0.15) is 22.0 Å². The molecule has 0 saturated heterocycles. The van der Waals surface area contributed by atoms with Gasteiger partial charge < -0.3 is 20.3 Å². The van der Waals surface area contributed by atoms with Crippen LogP contribution in [-0.2, 0) is 22.2 Å². The van der Waals surface area contributed by atoms with Crippen molar-refractivity contribution in [2.24, 2.45) is 7.05 Å². The normalized spacial score (nSPS) is 13.3. The Morgan fingerprint density at radius 3 is 2.22 bits per heavy atom. The van der Waals surface area contributed by atoms with E-state index >= 15 is 8.78 Å². The van der Waals surface area contributed by atoms with Gasteiger partial charge in [-0.25, -0.2) is 13.6 Å². The van der Waals surface area contributed by atoms with Crippen LogP contribution in [0.15, 0.2) is 47.3 Å². The van der Waals surface area contributed by atoms with Crippen LogP contribution < -0.4 is 16.2 Å². The highest BCUT2D eigenvalue weighted by Gasteiger charge is 2.39. The van der Waals surface area contributed by atoms with Crippen LogP contribution in [0.3, 0.4) is 0 Å². The molecule has 0 spiro atoms. The van der Waals surface area contributed by atoms with Gasteiger partial charge in [0.05, 0.1) is 11.1 Å². The Kier molecular flexibility index (Phi) is 10.9. The first kappa shape index (κ1) is 37.5. The fourth-order valence-electron chi connectivity index (χ4n) is 5.27. The van der Waals surface area contributed by atoms with Crippen LogP contribution >= 0.6 is 20.7 Å². The molecule has 16 heteroatoms. The standard InChI is InChI=1S/C33H30F7IN4O4/c1-6-25(32(36,37)38)43-18-13-22(34)27(23(35)14-18)29(46)44-24(31(48)49)12-17-8-10-20(28-19(17)9-7-15(2)42-28)26-21(33(39,40)41-4)11-16(3)45(5)30(26)47/h7-11,13-14,24-25,43H,4,6,12H2,1-3,5H3,(H,44,46)(H,48,49)/t24-,25+/m0/s1. The zero-order valence-corrected chi connectivity index (χ0v) is 28.6. The summed E-state index contributed by atoms with van der Waals surface area (Å²) in [6.45, 7) is 4.34. The predicted octanol–water partition coefficient (Wildman–Crippen LogP) is 7.13. The largest absolute Gasteiger partial charge is 0.480 e. The molecule has 262 valence electrons. The number of benzene rings is 2. The molecular formula is C33H30F7IN4O4. The maximum absolute atomic E-state index is 15.2. The number of carbonyl (C=O) groups excluding carboxylic acids is 1. The maximum atomic E-state index is 15.2. The van der Waals surface area contributed by atoms with Gasteiger partial charge in [0.2, 0.25) is 0 Å². The minimum atomic E-state index is -4.72. The number of halogens is 8. The Balaban J connectivity index is 1.75. The second-order valence-corrected chi connectivity index (χ2v) is 13.3. The Morgan fingerprint density at radius 2 is 1.67 bits per heavy atom. The first-order valence-corrected chi connectivity index (χ1v) is 17.1. The van der Waals surface area contributed by atoms with Gasteiger partial charge in [-0.05, 0) is 70.8 Å². The summed E-state index contributed by atoms with van der Waals surface area (Å²) in [5.41, 5.74) is -2.21. The number of aromatic nitrogens is 2. The Bertz CT molecular complexity index is 2010. The smallest absolute Gasteiger partial charge is 0.408 e. The van der Waals surface area contributed by atoms with E-state index in [2.05, 4.69) is 9.50 Å². The molecule has 0 unspecified atom stereocenters. The molecule has 0 aliphatic heterocycles. The van der Waals surface area contributed by atoms with E-state index in [9.17, 15) is 41.4 Å². The van der Waals surface area contributed by atoms with Crippen molar-refractivity contribution in [1.29, 1.82) is 0 Å². The van der Waals surface area contributed by atoms with Crippen molar-refractivity contribution >= 4 is 53.7 Å². The van der Waals surface area contributed by atoms with Crippen molar-refractivity contribution in [2.75, 3.05) is 5.32 Å². The van der Waals surface area contributed by atoms with Crippen molar-refractivity contribution in [3.05, 3.63) is 92.5 Å². The van der Waals surface area contributed by atoms with Gasteiger partial charge in [0, 0.05) is 47.1 Å². The molecule has 1 amide bonds. The molecule has 2 atom stereocenters. The van der Waals surface area contributed by atoms with E-state index in [0.717, 1.165) is 0 Å². The number of carboxylic acids is 1. The Labute approximate surface area is 285 Å². The van der Waals surface area contributed by atoms with E-state index in [1.165, 1.54) is 49.7 Å². The number of alkyl halides is 6. The quantitative estimate of drug-likeness (QED) is 0.0846. The van der Waals surface area contributed by atoms with E-state index in [1.54, 1.807) is 13.0 Å². The topological polar surface area (TPSA) is 113 Å². The summed E-state index contributed by atoms with van der Waals surface area (Å²) < 4.78 is 101. The number of hydrogen-bond donors (Lipinski definition) is 3. The second-order valence-electron chi connectivity index (χ2n) is 11.2. The number of rotatable bonds is 11. The third-order valence-electron chi connectivity index (χ3n) is 7.94. The van der Waals surface area contributed by atoms with Crippen LogP contribution in [0.5, 0.6) is 0 Å². The molecule has 0 bridgehead atoms. The molecule has 2 aromatic heterocycles. The number of hydrogen-bond acceptors (Lipinski definition) is 5. The van der Waals surface area contributed by atoms with Gasteiger partial charge in [0.25, 0.3) is 11.5 Å². The van der Waals surface area contributed by atoms with Crippen molar-refractivity contribution in [3.63, 3.8) is 0 Å². The van der Waals surface area contributed by atoms with Crippen molar-refractivity contribution in [3.8, 4) is 11.1 Å². The van der Waals surface area contributed by atoms with Crippen molar-refractivity contribution in [2.45, 2.75) is 55.8 Å². The van der Waals surface area contributed by atoms with Crippen LogP contribution in [0.25, 0.3) is 22.0 Å². The number of carboxylic acid groups (broad SMARTS) is 1. The number of aliphatic carboxylic acids is 1. The Morgan fingerprint density at radius 1 is 1.04 bits per heavy atom. The number of nitrogens with one attached hydrogen (secondary N) is 2. The lowest BCUT2D eigenvalue weighted by molar-refractivity contribution is -0.143. The maximum Gasteiger partial charge on any atom is 0.408 e. The fraction of sp³-hybridized carbons (Fsp3) is 0.303. The van der Waals surface area contributed by atoms with E-state index < -0.39 is 102 Å². The molecule has 0 radical (unpaired) electrons. The van der Waals surface area contributed by atoms with Crippen LogP contribution in [0.2, 0.25) is 0 Å². The van der Waals surface area contributed by atoms with E-state index in [-0.39, 0.29) is 33.3 Å². The first-order chi connectivity index (χ1) is 22.8. The van der Waals surface area contributed by atoms with Gasteiger partial charge in [-0.15, -0.1) is 0 Å². The van der Waals surface area contributed by atoms with Gasteiger partial charge >= 0.3 is 16.1 Å². The minimum absolute atomic E-state index is 0.0553. The molecule has 0 aliphatic carbocycles. The average molecular weight is 807 g/mol. The number of anilines is 1. The SMILES string of the molecule is C=IC(F)(F)c1cc(C)n(C)c(=O)c1-c1ccc(C[C@H](NC(=O)c2c(F)cc(N[C@H](CC)C(F)(F)F)cc2F)C(=O)O)c2ccc(C)nc12. The molecule has 2 heterocycles. The highest BCUT2D eigenvalue weighted by Crippen LogP contribution is 2.44. The van der Waals surface area contributed by atoms with Gasteiger partial charge in [-0.3, -0.25) is 14.6 Å². The monoisotopic (exact) mass is 806 g/mol.